The van der Waals surface area contributed by atoms with E-state index in [0.29, 0.717) is 5.91 Å². The van der Waals surface area contributed by atoms with Crippen molar-refractivity contribution in [1.29, 1.82) is 0 Å². The average Bonchev–Trinajstić information content (AvgIpc) is 3.15. The molecule has 2 aromatic carbocycles. The summed E-state index contributed by atoms with van der Waals surface area (Å²) < 4.78 is 2.18. The number of benzene rings is 2. The maximum Gasteiger partial charge on any atom is 0.227 e. The lowest BCUT2D eigenvalue weighted by Gasteiger charge is -2.39. The smallest absolute Gasteiger partial charge is 0.227 e. The number of aromatic nitrogens is 2. The number of anilines is 1. The molecule has 0 radical (unpaired) electrons. The predicted molar refractivity (Wildman–Crippen MR) is 129 cm³/mol. The third-order valence-corrected chi connectivity index (χ3v) is 7.13. The van der Waals surface area contributed by atoms with Gasteiger partial charge < -0.3 is 14.4 Å². The highest BCUT2D eigenvalue weighted by atomic mass is 35.5. The molecule has 0 aliphatic carbocycles. The van der Waals surface area contributed by atoms with Gasteiger partial charge in [0.15, 0.2) is 0 Å². The summed E-state index contributed by atoms with van der Waals surface area (Å²) in [7, 11) is 2.08. The number of imidazole rings is 1. The molecule has 0 bridgehead atoms. The maximum absolute atomic E-state index is 13.3. The Morgan fingerprint density at radius 2 is 1.78 bits per heavy atom. The summed E-state index contributed by atoms with van der Waals surface area (Å²) >= 11 is 6.01. The Morgan fingerprint density at radius 3 is 2.53 bits per heavy atom. The Hall–Kier alpha value is -2.57. The number of carbonyl (C=O) groups is 1. The highest BCUT2D eigenvalue weighted by Gasteiger charge is 2.31. The fourth-order valence-electron chi connectivity index (χ4n) is 5.03. The number of halogens is 1. The first-order valence-electron chi connectivity index (χ1n) is 11.5. The summed E-state index contributed by atoms with van der Waals surface area (Å²) in [5.41, 5.74) is 3.37. The molecule has 5 rings (SSSR count). The molecule has 7 heteroatoms. The molecule has 2 fully saturated rings. The molecule has 1 atom stereocenters. The minimum atomic E-state index is 0.0838. The standard InChI is InChI=1S/C25H30ClN5O/c1-28-23-7-3-2-6-22(23)27-24(28)18-29-12-4-5-19(17-29)25(32)31-15-13-30(14-16-31)21-10-8-20(26)9-11-21/h2-3,6-11,19H,4-5,12-18H2,1H3/t19-/m0/s1. The van der Waals surface area contributed by atoms with Gasteiger partial charge in [-0.15, -0.1) is 0 Å². The molecular weight excluding hydrogens is 422 g/mol. The largest absolute Gasteiger partial charge is 0.368 e. The number of nitrogens with zero attached hydrogens (tertiary/aromatic N) is 5. The molecule has 0 N–H and O–H groups in total. The van der Waals surface area contributed by atoms with Gasteiger partial charge in [-0.25, -0.2) is 4.98 Å². The zero-order valence-corrected chi connectivity index (χ0v) is 19.3. The molecule has 2 aliphatic rings. The van der Waals surface area contributed by atoms with Crippen molar-refractivity contribution in [3.05, 3.63) is 59.4 Å². The Balaban J connectivity index is 1.18. The van der Waals surface area contributed by atoms with Gasteiger partial charge in [0.25, 0.3) is 0 Å². The lowest BCUT2D eigenvalue weighted by atomic mass is 9.96. The maximum atomic E-state index is 13.3. The van der Waals surface area contributed by atoms with Crippen molar-refractivity contribution in [3.63, 3.8) is 0 Å². The fraction of sp³-hybridized carbons (Fsp3) is 0.440. The van der Waals surface area contributed by atoms with Gasteiger partial charge in [-0.05, 0) is 55.8 Å². The highest BCUT2D eigenvalue weighted by molar-refractivity contribution is 6.30. The van der Waals surface area contributed by atoms with Gasteiger partial charge in [-0.1, -0.05) is 23.7 Å². The van der Waals surface area contributed by atoms with Crippen LogP contribution in [0, 0.1) is 5.92 Å². The number of para-hydroxylation sites is 2. The van der Waals surface area contributed by atoms with E-state index < -0.39 is 0 Å². The number of carbonyl (C=O) groups excluding carboxylic acids is 1. The Labute approximate surface area is 194 Å². The minimum absolute atomic E-state index is 0.0838. The Bertz CT molecular complexity index is 1090. The Morgan fingerprint density at radius 1 is 1.03 bits per heavy atom. The second-order valence-corrected chi connectivity index (χ2v) is 9.38. The van der Waals surface area contributed by atoms with Crippen LogP contribution < -0.4 is 4.90 Å². The number of hydrogen-bond donors (Lipinski definition) is 0. The van der Waals surface area contributed by atoms with E-state index in [1.54, 1.807) is 0 Å². The lowest BCUT2D eigenvalue weighted by molar-refractivity contribution is -0.137. The van der Waals surface area contributed by atoms with Gasteiger partial charge in [-0.2, -0.15) is 0 Å². The number of aryl methyl sites for hydroxylation is 1. The van der Waals surface area contributed by atoms with Crippen LogP contribution in [0.5, 0.6) is 0 Å². The summed E-state index contributed by atoms with van der Waals surface area (Å²) in [6.45, 7) is 5.93. The molecule has 6 nitrogen and oxygen atoms in total. The van der Waals surface area contributed by atoms with Crippen molar-refractivity contribution in [3.8, 4) is 0 Å². The zero-order valence-electron chi connectivity index (χ0n) is 18.6. The van der Waals surface area contributed by atoms with Crippen LogP contribution in [0.2, 0.25) is 5.02 Å². The van der Waals surface area contributed by atoms with Crippen molar-refractivity contribution in [1.82, 2.24) is 19.4 Å². The summed E-state index contributed by atoms with van der Waals surface area (Å²) in [4.78, 5) is 24.9. The van der Waals surface area contributed by atoms with E-state index in [9.17, 15) is 4.79 Å². The number of rotatable bonds is 4. The predicted octanol–water partition coefficient (Wildman–Crippen LogP) is 3.79. The first-order valence-corrected chi connectivity index (χ1v) is 11.9. The monoisotopic (exact) mass is 451 g/mol. The lowest BCUT2D eigenvalue weighted by Crippen LogP contribution is -2.52. The molecule has 0 saturated carbocycles. The van der Waals surface area contributed by atoms with Gasteiger partial charge in [0.1, 0.15) is 5.82 Å². The molecule has 2 aliphatic heterocycles. The van der Waals surface area contributed by atoms with Gasteiger partial charge in [-0.3, -0.25) is 9.69 Å². The van der Waals surface area contributed by atoms with E-state index in [2.05, 4.69) is 56.6 Å². The highest BCUT2D eigenvalue weighted by Crippen LogP contribution is 2.24. The molecule has 168 valence electrons. The zero-order chi connectivity index (χ0) is 22.1. The Kier molecular flexibility index (Phi) is 6.07. The number of amides is 1. The van der Waals surface area contributed by atoms with Crippen molar-refractivity contribution < 1.29 is 4.79 Å². The molecule has 0 spiro atoms. The summed E-state index contributed by atoms with van der Waals surface area (Å²) in [5.74, 6) is 1.46. The molecule has 3 aromatic rings. The minimum Gasteiger partial charge on any atom is -0.368 e. The molecule has 2 saturated heterocycles. The molecule has 32 heavy (non-hydrogen) atoms. The van der Waals surface area contributed by atoms with Gasteiger partial charge in [0.05, 0.1) is 23.5 Å². The van der Waals surface area contributed by atoms with Gasteiger partial charge >= 0.3 is 0 Å². The van der Waals surface area contributed by atoms with E-state index in [1.165, 1.54) is 5.69 Å². The number of fused-ring (bicyclic) bond motifs is 1. The summed E-state index contributed by atoms with van der Waals surface area (Å²) in [6.07, 6.45) is 2.04. The van der Waals surface area contributed by atoms with Gasteiger partial charge in [0.2, 0.25) is 5.91 Å². The molecule has 3 heterocycles. The fourth-order valence-corrected chi connectivity index (χ4v) is 5.16. The topological polar surface area (TPSA) is 44.6 Å². The first-order chi connectivity index (χ1) is 15.6. The van der Waals surface area contributed by atoms with Crippen LogP contribution in [0.25, 0.3) is 11.0 Å². The van der Waals surface area contributed by atoms with E-state index in [-0.39, 0.29) is 5.92 Å². The van der Waals surface area contributed by atoms with E-state index in [0.717, 1.165) is 80.5 Å². The van der Waals surface area contributed by atoms with Crippen LogP contribution >= 0.6 is 11.6 Å². The average molecular weight is 452 g/mol. The quantitative estimate of drug-likeness (QED) is 0.605. The van der Waals surface area contributed by atoms with E-state index >= 15 is 0 Å². The van der Waals surface area contributed by atoms with Gasteiger partial charge in [0, 0.05) is 50.5 Å². The van der Waals surface area contributed by atoms with Crippen LogP contribution in [-0.4, -0.2) is 64.5 Å². The van der Waals surface area contributed by atoms with Crippen LogP contribution in [0.3, 0.4) is 0 Å². The number of piperazine rings is 1. The molecule has 1 aromatic heterocycles. The van der Waals surface area contributed by atoms with Crippen molar-refractivity contribution in [2.24, 2.45) is 13.0 Å². The van der Waals surface area contributed by atoms with Crippen LogP contribution in [0.15, 0.2) is 48.5 Å². The second kappa shape index (κ2) is 9.12. The summed E-state index contributed by atoms with van der Waals surface area (Å²) in [5, 5.41) is 0.753. The van der Waals surface area contributed by atoms with Crippen molar-refractivity contribution >= 4 is 34.2 Å². The van der Waals surface area contributed by atoms with E-state index in [4.69, 9.17) is 16.6 Å². The van der Waals surface area contributed by atoms with Crippen LogP contribution in [0.4, 0.5) is 5.69 Å². The third kappa shape index (κ3) is 4.34. The SMILES string of the molecule is Cn1c(CN2CCC[C@H](C(=O)N3CCN(c4ccc(Cl)cc4)CC3)C2)nc2ccccc21. The van der Waals surface area contributed by atoms with Crippen LogP contribution in [0.1, 0.15) is 18.7 Å². The molecule has 0 unspecified atom stereocenters. The molecule has 1 amide bonds. The summed E-state index contributed by atoms with van der Waals surface area (Å²) in [6, 6.07) is 16.2. The van der Waals surface area contributed by atoms with Crippen LogP contribution in [-0.2, 0) is 18.4 Å². The van der Waals surface area contributed by atoms with E-state index in [1.807, 2.05) is 18.2 Å². The first kappa shape index (κ1) is 21.3. The second-order valence-electron chi connectivity index (χ2n) is 8.94. The third-order valence-electron chi connectivity index (χ3n) is 6.88. The van der Waals surface area contributed by atoms with Crippen molar-refractivity contribution in [2.45, 2.75) is 19.4 Å². The number of hydrogen-bond acceptors (Lipinski definition) is 4. The number of likely N-dealkylation sites (tertiary alicyclic amines) is 1. The number of piperidine rings is 1. The van der Waals surface area contributed by atoms with Crippen molar-refractivity contribution in [2.75, 3.05) is 44.2 Å². The normalized spacial score (nSPS) is 20.1. The molecular formula is C25H30ClN5O.